The summed E-state index contributed by atoms with van der Waals surface area (Å²) < 4.78 is 10.9. The molecule has 1 aromatic heterocycles. The van der Waals surface area contributed by atoms with Gasteiger partial charge >= 0.3 is 0 Å². The van der Waals surface area contributed by atoms with Gasteiger partial charge in [0, 0.05) is 18.3 Å². The van der Waals surface area contributed by atoms with E-state index in [2.05, 4.69) is 10.2 Å². The van der Waals surface area contributed by atoms with Gasteiger partial charge in [0.05, 0.1) is 18.7 Å². The van der Waals surface area contributed by atoms with Crippen molar-refractivity contribution in [2.45, 2.75) is 13.0 Å². The third kappa shape index (κ3) is 5.43. The van der Waals surface area contributed by atoms with Crippen LogP contribution in [-0.4, -0.2) is 38.1 Å². The number of nitrogens with one attached hydrogen (secondary N) is 1. The molecule has 6 nitrogen and oxygen atoms in total. The van der Waals surface area contributed by atoms with Crippen LogP contribution in [0.15, 0.2) is 41.0 Å². The molecule has 0 saturated heterocycles. The van der Waals surface area contributed by atoms with Crippen LogP contribution in [0.3, 0.4) is 0 Å². The minimum atomic E-state index is -0.238. The molecule has 0 atom stereocenters. The first-order valence-electron chi connectivity index (χ1n) is 7.55. The Morgan fingerprint density at radius 3 is 2.87 bits per heavy atom. The van der Waals surface area contributed by atoms with Gasteiger partial charge in [-0.25, -0.2) is 0 Å². The van der Waals surface area contributed by atoms with E-state index >= 15 is 0 Å². The summed E-state index contributed by atoms with van der Waals surface area (Å²) in [5.74, 6) is 1.07. The van der Waals surface area contributed by atoms with Crippen LogP contribution in [0.2, 0.25) is 0 Å². The maximum atomic E-state index is 12.1. The summed E-state index contributed by atoms with van der Waals surface area (Å²) in [5.41, 5.74) is 6.59. The van der Waals surface area contributed by atoms with Crippen LogP contribution in [0.25, 0.3) is 0 Å². The summed E-state index contributed by atoms with van der Waals surface area (Å²) in [6, 6.07) is 8.97. The van der Waals surface area contributed by atoms with Crippen molar-refractivity contribution < 1.29 is 13.9 Å². The second-order valence-corrected chi connectivity index (χ2v) is 5.49. The Labute approximate surface area is 136 Å². The normalized spacial score (nSPS) is 10.8. The molecule has 1 aromatic carbocycles. The molecule has 0 aliphatic carbocycles. The van der Waals surface area contributed by atoms with Crippen LogP contribution < -0.4 is 15.8 Å². The summed E-state index contributed by atoms with van der Waals surface area (Å²) in [4.78, 5) is 14.2. The summed E-state index contributed by atoms with van der Waals surface area (Å²) in [7, 11) is 4.06. The molecule has 0 fully saturated rings. The SMILES string of the molecule is CN(C)CCCOc1cccc(NC(=O)c2coc(CN)c2)c1. The maximum absolute atomic E-state index is 12.1. The number of hydrogen-bond acceptors (Lipinski definition) is 5. The van der Waals surface area contributed by atoms with E-state index in [-0.39, 0.29) is 12.5 Å². The van der Waals surface area contributed by atoms with Crippen LogP contribution in [0.4, 0.5) is 5.69 Å². The number of hydrogen-bond donors (Lipinski definition) is 2. The van der Waals surface area contributed by atoms with E-state index in [9.17, 15) is 4.79 Å². The number of ether oxygens (including phenoxy) is 1. The van der Waals surface area contributed by atoms with E-state index in [1.807, 2.05) is 32.3 Å². The Morgan fingerprint density at radius 1 is 1.35 bits per heavy atom. The molecule has 0 bridgehead atoms. The Morgan fingerprint density at radius 2 is 2.17 bits per heavy atom. The molecule has 2 rings (SSSR count). The van der Waals surface area contributed by atoms with Crippen molar-refractivity contribution in [1.29, 1.82) is 0 Å². The zero-order chi connectivity index (χ0) is 16.7. The van der Waals surface area contributed by atoms with Gasteiger partial charge in [-0.1, -0.05) is 6.07 Å². The van der Waals surface area contributed by atoms with E-state index in [1.165, 1.54) is 6.26 Å². The molecule has 0 aliphatic heterocycles. The van der Waals surface area contributed by atoms with Gasteiger partial charge < -0.3 is 25.1 Å². The number of nitrogens with zero attached hydrogens (tertiary/aromatic N) is 1. The molecule has 0 spiro atoms. The largest absolute Gasteiger partial charge is 0.493 e. The Bertz CT molecular complexity index is 638. The maximum Gasteiger partial charge on any atom is 0.258 e. The minimum Gasteiger partial charge on any atom is -0.493 e. The van der Waals surface area contributed by atoms with Gasteiger partial charge in [0.1, 0.15) is 17.8 Å². The van der Waals surface area contributed by atoms with Crippen molar-refractivity contribution in [1.82, 2.24) is 4.90 Å². The van der Waals surface area contributed by atoms with Crippen LogP contribution >= 0.6 is 0 Å². The summed E-state index contributed by atoms with van der Waals surface area (Å²) in [6.45, 7) is 1.88. The zero-order valence-corrected chi connectivity index (χ0v) is 13.5. The average molecular weight is 317 g/mol. The van der Waals surface area contributed by atoms with Gasteiger partial charge in [0.25, 0.3) is 5.91 Å². The van der Waals surface area contributed by atoms with Gasteiger partial charge in [0.2, 0.25) is 0 Å². The predicted molar refractivity (Wildman–Crippen MR) is 89.7 cm³/mol. The third-order valence-electron chi connectivity index (χ3n) is 3.23. The number of furan rings is 1. The van der Waals surface area contributed by atoms with E-state index in [0.29, 0.717) is 23.6 Å². The van der Waals surface area contributed by atoms with Crippen LogP contribution in [-0.2, 0) is 6.54 Å². The molecule has 0 aliphatic rings. The average Bonchev–Trinajstić information content (AvgIpc) is 3.01. The first-order chi connectivity index (χ1) is 11.1. The van der Waals surface area contributed by atoms with Crippen LogP contribution in [0, 0.1) is 0 Å². The van der Waals surface area contributed by atoms with Gasteiger partial charge in [0.15, 0.2) is 0 Å². The number of carbonyl (C=O) groups excluding carboxylic acids is 1. The number of amides is 1. The van der Waals surface area contributed by atoms with Gasteiger partial charge in [-0.3, -0.25) is 4.79 Å². The molecule has 1 amide bonds. The highest BCUT2D eigenvalue weighted by atomic mass is 16.5. The first-order valence-corrected chi connectivity index (χ1v) is 7.55. The quantitative estimate of drug-likeness (QED) is 0.730. The lowest BCUT2D eigenvalue weighted by Gasteiger charge is -2.11. The Kier molecular flexibility index (Phi) is 6.19. The number of carbonyl (C=O) groups is 1. The van der Waals surface area contributed by atoms with Crippen molar-refractivity contribution in [3.8, 4) is 5.75 Å². The Hall–Kier alpha value is -2.31. The molecule has 0 unspecified atom stereocenters. The van der Waals surface area contributed by atoms with E-state index < -0.39 is 0 Å². The standard InChI is InChI=1S/C17H23N3O3/c1-20(2)7-4-8-22-15-6-3-5-14(10-15)19-17(21)13-9-16(11-18)23-12-13/h3,5-6,9-10,12H,4,7-8,11,18H2,1-2H3,(H,19,21). The topological polar surface area (TPSA) is 80.7 Å². The highest BCUT2D eigenvalue weighted by Crippen LogP contribution is 2.19. The van der Waals surface area contributed by atoms with Gasteiger partial charge in [-0.05, 0) is 38.7 Å². The molecule has 0 radical (unpaired) electrons. The molecule has 124 valence electrons. The molecule has 2 aromatic rings. The third-order valence-corrected chi connectivity index (χ3v) is 3.23. The highest BCUT2D eigenvalue weighted by molar-refractivity contribution is 6.04. The van der Waals surface area contributed by atoms with Crippen LogP contribution in [0.1, 0.15) is 22.5 Å². The predicted octanol–water partition coefficient (Wildman–Crippen LogP) is 2.32. The second kappa shape index (κ2) is 8.36. The van der Waals surface area contributed by atoms with Gasteiger partial charge in [-0.2, -0.15) is 0 Å². The fraction of sp³-hybridized carbons (Fsp3) is 0.353. The first kappa shape index (κ1) is 17.1. The van der Waals surface area contributed by atoms with Crippen molar-refractivity contribution in [2.24, 2.45) is 5.73 Å². The molecule has 1 heterocycles. The lowest BCUT2D eigenvalue weighted by molar-refractivity contribution is 0.102. The zero-order valence-electron chi connectivity index (χ0n) is 13.5. The molecule has 23 heavy (non-hydrogen) atoms. The fourth-order valence-electron chi connectivity index (χ4n) is 2.04. The number of rotatable bonds is 8. The van der Waals surface area contributed by atoms with Crippen molar-refractivity contribution >= 4 is 11.6 Å². The smallest absolute Gasteiger partial charge is 0.258 e. The lowest BCUT2D eigenvalue weighted by atomic mass is 10.2. The van der Waals surface area contributed by atoms with Gasteiger partial charge in [-0.15, -0.1) is 0 Å². The second-order valence-electron chi connectivity index (χ2n) is 5.49. The summed E-state index contributed by atoms with van der Waals surface area (Å²) >= 11 is 0. The van der Waals surface area contributed by atoms with E-state index in [0.717, 1.165) is 18.7 Å². The fourth-order valence-corrected chi connectivity index (χ4v) is 2.04. The summed E-state index contributed by atoms with van der Waals surface area (Å²) in [6.07, 6.45) is 2.35. The van der Waals surface area contributed by atoms with E-state index in [1.54, 1.807) is 12.1 Å². The molecule has 6 heteroatoms. The summed E-state index contributed by atoms with van der Waals surface area (Å²) in [5, 5.41) is 2.82. The molecule has 0 saturated carbocycles. The molecule has 3 N–H and O–H groups in total. The van der Waals surface area contributed by atoms with Crippen LogP contribution in [0.5, 0.6) is 5.75 Å². The molecular weight excluding hydrogens is 294 g/mol. The molecular formula is C17H23N3O3. The van der Waals surface area contributed by atoms with Crippen molar-refractivity contribution in [2.75, 3.05) is 32.6 Å². The van der Waals surface area contributed by atoms with Crippen molar-refractivity contribution in [3.63, 3.8) is 0 Å². The minimum absolute atomic E-state index is 0.238. The monoisotopic (exact) mass is 317 g/mol. The van der Waals surface area contributed by atoms with Crippen molar-refractivity contribution in [3.05, 3.63) is 47.9 Å². The van der Waals surface area contributed by atoms with E-state index in [4.69, 9.17) is 14.9 Å². The highest BCUT2D eigenvalue weighted by Gasteiger charge is 2.10. The number of nitrogens with two attached hydrogens (primary N) is 1. The number of anilines is 1. The lowest BCUT2D eigenvalue weighted by Crippen LogP contribution is -2.15. The number of benzene rings is 1. The Balaban J connectivity index is 1.90.